The molecule has 0 saturated carbocycles. The number of hydrogen-bond donors (Lipinski definition) is 1. The maximum atomic E-state index is 12.8. The van der Waals surface area contributed by atoms with Gasteiger partial charge in [0.1, 0.15) is 12.4 Å². The number of carbonyl (C=O) groups is 1. The molecule has 0 radical (unpaired) electrons. The maximum absolute atomic E-state index is 12.8. The average Bonchev–Trinajstić information content (AvgIpc) is 3.39. The second kappa shape index (κ2) is 8.37. The fourth-order valence-corrected chi connectivity index (χ4v) is 3.43. The number of benzene rings is 2. The first-order valence-electron chi connectivity index (χ1n) is 8.40. The van der Waals surface area contributed by atoms with Crippen LogP contribution in [-0.2, 0) is 6.61 Å². The number of rotatable bonds is 6. The van der Waals surface area contributed by atoms with Crippen LogP contribution in [0.4, 0.5) is 5.69 Å². The van der Waals surface area contributed by atoms with E-state index >= 15 is 0 Å². The van der Waals surface area contributed by atoms with Crippen LogP contribution < -0.4 is 10.1 Å². The third kappa shape index (κ3) is 4.29. The van der Waals surface area contributed by atoms with Gasteiger partial charge >= 0.3 is 0 Å². The SMILES string of the molecule is O=C(Nc1ccccc1-n1cc(Br)cn1)c1cccc(OCc2cscn2)c1. The number of nitrogens with zero attached hydrogens (tertiary/aromatic N) is 3. The first-order valence-corrected chi connectivity index (χ1v) is 10.1. The van der Waals surface area contributed by atoms with Crippen LogP contribution in [0.15, 0.2) is 76.3 Å². The van der Waals surface area contributed by atoms with Crippen LogP contribution in [0.2, 0.25) is 0 Å². The number of amides is 1. The number of ether oxygens (including phenoxy) is 1. The zero-order valence-corrected chi connectivity index (χ0v) is 17.0. The van der Waals surface area contributed by atoms with Crippen molar-refractivity contribution in [3.05, 3.63) is 87.5 Å². The van der Waals surface area contributed by atoms with Crippen LogP contribution >= 0.6 is 27.3 Å². The van der Waals surface area contributed by atoms with Crippen LogP contribution in [0.25, 0.3) is 5.69 Å². The molecule has 4 aromatic rings. The minimum atomic E-state index is -0.224. The third-order valence-corrected chi connectivity index (χ3v) is 4.96. The minimum absolute atomic E-state index is 0.224. The highest BCUT2D eigenvalue weighted by Crippen LogP contribution is 2.23. The summed E-state index contributed by atoms with van der Waals surface area (Å²) in [6.45, 7) is 0.367. The number of nitrogens with one attached hydrogen (secondary N) is 1. The Balaban J connectivity index is 1.51. The Hall–Kier alpha value is -2.97. The predicted octanol–water partition coefficient (Wildman–Crippen LogP) is 4.92. The van der Waals surface area contributed by atoms with Gasteiger partial charge < -0.3 is 10.1 Å². The molecule has 2 aromatic heterocycles. The zero-order chi connectivity index (χ0) is 19.3. The Kier molecular flexibility index (Phi) is 5.50. The summed E-state index contributed by atoms with van der Waals surface area (Å²) < 4.78 is 8.29. The van der Waals surface area contributed by atoms with E-state index in [-0.39, 0.29) is 5.91 Å². The van der Waals surface area contributed by atoms with E-state index in [1.165, 1.54) is 11.3 Å². The smallest absolute Gasteiger partial charge is 0.255 e. The van der Waals surface area contributed by atoms with Gasteiger partial charge in [0.15, 0.2) is 0 Å². The Morgan fingerprint density at radius 2 is 2.11 bits per heavy atom. The van der Waals surface area contributed by atoms with Crippen LogP contribution in [0.5, 0.6) is 5.75 Å². The number of halogens is 1. The quantitative estimate of drug-likeness (QED) is 0.448. The molecule has 0 atom stereocenters. The Morgan fingerprint density at radius 3 is 2.89 bits per heavy atom. The summed E-state index contributed by atoms with van der Waals surface area (Å²) in [7, 11) is 0. The van der Waals surface area contributed by atoms with E-state index in [0.717, 1.165) is 15.9 Å². The summed E-state index contributed by atoms with van der Waals surface area (Å²) in [5, 5.41) is 9.16. The summed E-state index contributed by atoms with van der Waals surface area (Å²) in [6.07, 6.45) is 3.53. The van der Waals surface area contributed by atoms with Crippen LogP contribution in [0.3, 0.4) is 0 Å². The second-order valence-electron chi connectivity index (χ2n) is 5.87. The summed E-state index contributed by atoms with van der Waals surface area (Å²) in [4.78, 5) is 17.0. The van der Waals surface area contributed by atoms with E-state index in [0.29, 0.717) is 23.6 Å². The van der Waals surface area contributed by atoms with Crippen molar-refractivity contribution in [1.29, 1.82) is 0 Å². The molecule has 28 heavy (non-hydrogen) atoms. The van der Waals surface area contributed by atoms with Crippen LogP contribution in [-0.4, -0.2) is 20.7 Å². The average molecular weight is 455 g/mol. The predicted molar refractivity (Wildman–Crippen MR) is 112 cm³/mol. The van der Waals surface area contributed by atoms with E-state index in [4.69, 9.17) is 4.74 Å². The number of carbonyl (C=O) groups excluding carboxylic acids is 1. The lowest BCUT2D eigenvalue weighted by atomic mass is 10.2. The lowest BCUT2D eigenvalue weighted by Crippen LogP contribution is -2.14. The second-order valence-corrected chi connectivity index (χ2v) is 7.51. The van der Waals surface area contributed by atoms with Gasteiger partial charge in [-0.3, -0.25) is 4.79 Å². The van der Waals surface area contributed by atoms with Crippen molar-refractivity contribution in [2.45, 2.75) is 6.61 Å². The van der Waals surface area contributed by atoms with Gasteiger partial charge in [0, 0.05) is 17.1 Å². The third-order valence-electron chi connectivity index (χ3n) is 3.92. The fraction of sp³-hybridized carbons (Fsp3) is 0.0500. The van der Waals surface area contributed by atoms with E-state index in [2.05, 4.69) is 31.3 Å². The highest BCUT2D eigenvalue weighted by molar-refractivity contribution is 9.10. The molecular formula is C20H15BrN4O2S. The molecule has 0 aliphatic carbocycles. The molecule has 0 aliphatic rings. The van der Waals surface area contributed by atoms with Crippen molar-refractivity contribution >= 4 is 38.9 Å². The molecule has 140 valence electrons. The molecule has 2 heterocycles. The molecule has 0 saturated heterocycles. The van der Waals surface area contributed by atoms with Gasteiger partial charge in [-0.25, -0.2) is 9.67 Å². The number of para-hydroxylation sites is 2. The van der Waals surface area contributed by atoms with Gasteiger partial charge in [0.05, 0.1) is 33.2 Å². The molecule has 0 fully saturated rings. The molecule has 0 bridgehead atoms. The summed E-state index contributed by atoms with van der Waals surface area (Å²) in [5.41, 5.74) is 4.57. The summed E-state index contributed by atoms with van der Waals surface area (Å²) >= 11 is 4.91. The Morgan fingerprint density at radius 1 is 1.21 bits per heavy atom. The van der Waals surface area contributed by atoms with E-state index < -0.39 is 0 Å². The van der Waals surface area contributed by atoms with Crippen LogP contribution in [0, 0.1) is 0 Å². The molecule has 8 heteroatoms. The fourth-order valence-electron chi connectivity index (χ4n) is 2.60. The topological polar surface area (TPSA) is 69.0 Å². The Labute approximate surface area is 173 Å². The first kappa shape index (κ1) is 18.4. The normalized spacial score (nSPS) is 10.6. The van der Waals surface area contributed by atoms with E-state index in [9.17, 15) is 4.79 Å². The first-order chi connectivity index (χ1) is 13.7. The van der Waals surface area contributed by atoms with Crippen molar-refractivity contribution in [3.8, 4) is 11.4 Å². The number of aromatic nitrogens is 3. The molecule has 0 spiro atoms. The molecule has 2 aromatic carbocycles. The van der Waals surface area contributed by atoms with E-state index in [1.807, 2.05) is 41.9 Å². The van der Waals surface area contributed by atoms with Gasteiger partial charge in [-0.1, -0.05) is 18.2 Å². The number of anilines is 1. The summed E-state index contributed by atoms with van der Waals surface area (Å²) in [6, 6.07) is 14.6. The highest BCUT2D eigenvalue weighted by atomic mass is 79.9. The molecule has 4 rings (SSSR count). The Bertz CT molecular complexity index is 1100. The van der Waals surface area contributed by atoms with Crippen LogP contribution in [0.1, 0.15) is 16.1 Å². The van der Waals surface area contributed by atoms with Crippen molar-refractivity contribution in [3.63, 3.8) is 0 Å². The molecule has 0 aliphatic heterocycles. The molecule has 1 amide bonds. The van der Waals surface area contributed by atoms with Gasteiger partial charge in [0.2, 0.25) is 0 Å². The largest absolute Gasteiger partial charge is 0.487 e. The zero-order valence-electron chi connectivity index (χ0n) is 14.6. The highest BCUT2D eigenvalue weighted by Gasteiger charge is 2.12. The van der Waals surface area contributed by atoms with Crippen molar-refractivity contribution < 1.29 is 9.53 Å². The van der Waals surface area contributed by atoms with Gasteiger partial charge in [-0.05, 0) is 46.3 Å². The number of hydrogen-bond acceptors (Lipinski definition) is 5. The molecule has 1 N–H and O–H groups in total. The van der Waals surface area contributed by atoms with Gasteiger partial charge in [0.25, 0.3) is 5.91 Å². The van der Waals surface area contributed by atoms with E-state index in [1.54, 1.807) is 34.6 Å². The van der Waals surface area contributed by atoms with Crippen molar-refractivity contribution in [2.24, 2.45) is 0 Å². The molecule has 0 unspecified atom stereocenters. The number of thiazole rings is 1. The van der Waals surface area contributed by atoms with Crippen molar-refractivity contribution in [2.75, 3.05) is 5.32 Å². The standard InChI is InChI=1S/C20H15BrN4O2S/c21-15-9-23-25(10-15)19-7-2-1-6-18(19)24-20(26)14-4-3-5-17(8-14)27-11-16-12-28-13-22-16/h1-10,12-13H,11H2,(H,24,26). The van der Waals surface area contributed by atoms with Gasteiger partial charge in [-0.15, -0.1) is 11.3 Å². The monoisotopic (exact) mass is 454 g/mol. The van der Waals surface area contributed by atoms with Gasteiger partial charge in [-0.2, -0.15) is 5.10 Å². The molecular weight excluding hydrogens is 440 g/mol. The lowest BCUT2D eigenvalue weighted by Gasteiger charge is -2.12. The maximum Gasteiger partial charge on any atom is 0.255 e. The minimum Gasteiger partial charge on any atom is -0.487 e. The molecule has 6 nitrogen and oxygen atoms in total. The van der Waals surface area contributed by atoms with Crippen molar-refractivity contribution in [1.82, 2.24) is 14.8 Å². The summed E-state index contributed by atoms with van der Waals surface area (Å²) in [5.74, 6) is 0.391. The lowest BCUT2D eigenvalue weighted by molar-refractivity contribution is 0.102.